The Morgan fingerprint density at radius 1 is 1.21 bits per heavy atom. The van der Waals surface area contributed by atoms with Crippen molar-refractivity contribution in [2.24, 2.45) is 15.9 Å². The molecule has 42 heavy (non-hydrogen) atoms. The molecule has 7 N–H and O–H groups in total. The molecular formula is C32H40N8O2. The Labute approximate surface area is 247 Å². The van der Waals surface area contributed by atoms with Crippen LogP contribution in [0, 0.1) is 11.8 Å². The number of aliphatic hydroxyl groups is 1. The van der Waals surface area contributed by atoms with Crippen LogP contribution in [-0.4, -0.2) is 84.2 Å². The molecule has 1 fully saturated rings. The third kappa shape index (κ3) is 8.13. The quantitative estimate of drug-likeness (QED) is 0.103. The number of amides is 1. The third-order valence-electron chi connectivity index (χ3n) is 7.40. The first-order chi connectivity index (χ1) is 20.4. The van der Waals surface area contributed by atoms with Crippen molar-refractivity contribution in [3.05, 3.63) is 70.9 Å². The molecule has 1 amide bonds. The van der Waals surface area contributed by atoms with Crippen LogP contribution in [0.2, 0.25) is 0 Å². The first-order valence-electron chi connectivity index (χ1n) is 14.4. The van der Waals surface area contributed by atoms with Crippen LogP contribution in [0.5, 0.6) is 0 Å². The van der Waals surface area contributed by atoms with Gasteiger partial charge in [-0.15, -0.1) is 0 Å². The molecule has 1 saturated heterocycles. The average molecular weight is 569 g/mol. The molecule has 1 aromatic heterocycles. The van der Waals surface area contributed by atoms with Crippen molar-refractivity contribution in [1.29, 1.82) is 0 Å². The molecule has 0 bridgehead atoms. The molecule has 1 aliphatic heterocycles. The van der Waals surface area contributed by atoms with E-state index in [0.717, 1.165) is 48.0 Å². The number of pyridine rings is 1. The number of carbonyl (C=O) groups excluding carboxylic acids is 1. The second-order valence-electron chi connectivity index (χ2n) is 10.3. The smallest absolute Gasteiger partial charge is 0.251 e. The summed E-state index contributed by atoms with van der Waals surface area (Å²) in [6.45, 7) is 8.20. The van der Waals surface area contributed by atoms with E-state index in [4.69, 9.17) is 11.6 Å². The van der Waals surface area contributed by atoms with E-state index in [9.17, 15) is 9.90 Å². The number of hydrogen-bond donors (Lipinski definition) is 5. The Hall–Kier alpha value is -4.30. The van der Waals surface area contributed by atoms with Crippen molar-refractivity contribution in [1.82, 2.24) is 20.5 Å². The lowest BCUT2D eigenvalue weighted by Crippen LogP contribution is -2.40. The summed E-state index contributed by atoms with van der Waals surface area (Å²) in [5.74, 6) is 12.1. The number of nitrogen functional groups attached to an aromatic ring is 1. The van der Waals surface area contributed by atoms with Gasteiger partial charge in [0, 0.05) is 59.0 Å². The minimum Gasteiger partial charge on any atom is -0.390 e. The Morgan fingerprint density at radius 3 is 2.67 bits per heavy atom. The summed E-state index contributed by atoms with van der Waals surface area (Å²) in [5, 5.41) is 22.1. The van der Waals surface area contributed by atoms with Gasteiger partial charge in [0.2, 0.25) is 0 Å². The zero-order valence-electron chi connectivity index (χ0n) is 24.3. The number of carbonyl (C=O) groups is 1. The first-order valence-corrected chi connectivity index (χ1v) is 14.4. The van der Waals surface area contributed by atoms with Crippen LogP contribution in [-0.2, 0) is 0 Å². The standard InChI is InChI=1S/C32H40N8O2/c1-3-40(4-2)21-27(41)19-38-32(42)23-10-7-22(8-11-23)9-14-28-29-16-24(12-13-25(29)17-37-31(28)33)30(39-34)20-35-18-26-6-5-15-36-26/h7-8,10-13,16-17,20,26-27,36,41H,3-6,15,18-19,21,34H2,1-2H3,(H2,33,37)(H,38,42). The largest absolute Gasteiger partial charge is 0.390 e. The van der Waals surface area contributed by atoms with Crippen molar-refractivity contribution in [3.8, 4) is 11.8 Å². The number of aromatic nitrogens is 1. The molecular weight excluding hydrogens is 528 g/mol. The van der Waals surface area contributed by atoms with Crippen LogP contribution in [0.3, 0.4) is 0 Å². The number of benzene rings is 2. The Morgan fingerprint density at radius 2 is 1.98 bits per heavy atom. The summed E-state index contributed by atoms with van der Waals surface area (Å²) in [6.07, 6.45) is 5.08. The molecule has 10 nitrogen and oxygen atoms in total. The van der Waals surface area contributed by atoms with Crippen LogP contribution in [0.25, 0.3) is 10.8 Å². The van der Waals surface area contributed by atoms with Crippen molar-refractivity contribution in [2.45, 2.75) is 38.8 Å². The van der Waals surface area contributed by atoms with Gasteiger partial charge in [-0.05, 0) is 62.8 Å². The number of fused-ring (bicyclic) bond motifs is 1. The number of nitrogens with two attached hydrogens (primary N) is 2. The number of aliphatic hydroxyl groups excluding tert-OH is 1. The SMILES string of the molecule is CCN(CC)CC(O)CNC(=O)c1ccc(C#Cc2c(N)ncc3ccc(C(C=NCC4CCCN4)=NN)cc23)cc1. The van der Waals surface area contributed by atoms with E-state index in [1.54, 1.807) is 36.7 Å². The van der Waals surface area contributed by atoms with Crippen LogP contribution in [0.15, 0.2) is 58.8 Å². The monoisotopic (exact) mass is 568 g/mol. The van der Waals surface area contributed by atoms with Gasteiger partial charge in [-0.2, -0.15) is 5.10 Å². The normalized spacial score (nSPS) is 16.1. The van der Waals surface area contributed by atoms with Gasteiger partial charge in [-0.25, -0.2) is 4.98 Å². The predicted octanol–water partition coefficient (Wildman–Crippen LogP) is 2.13. The van der Waals surface area contributed by atoms with Gasteiger partial charge < -0.3 is 32.2 Å². The van der Waals surface area contributed by atoms with Gasteiger partial charge in [0.05, 0.1) is 18.2 Å². The van der Waals surface area contributed by atoms with Gasteiger partial charge in [0.25, 0.3) is 5.91 Å². The number of aliphatic imine (C=N–C) groups is 1. The molecule has 2 unspecified atom stereocenters. The molecule has 0 radical (unpaired) electrons. The van der Waals surface area contributed by atoms with E-state index in [2.05, 4.69) is 42.5 Å². The van der Waals surface area contributed by atoms with Gasteiger partial charge in [0.1, 0.15) is 11.5 Å². The molecule has 220 valence electrons. The second kappa shape index (κ2) is 15.1. The van der Waals surface area contributed by atoms with Crippen molar-refractivity contribution < 1.29 is 9.90 Å². The maximum absolute atomic E-state index is 12.6. The number of hydrogen-bond acceptors (Lipinski definition) is 9. The summed E-state index contributed by atoms with van der Waals surface area (Å²) in [7, 11) is 0. The molecule has 0 saturated carbocycles. The lowest BCUT2D eigenvalue weighted by atomic mass is 10.0. The molecule has 2 heterocycles. The highest BCUT2D eigenvalue weighted by atomic mass is 16.3. The third-order valence-corrected chi connectivity index (χ3v) is 7.40. The second-order valence-corrected chi connectivity index (χ2v) is 10.3. The summed E-state index contributed by atoms with van der Waals surface area (Å²) in [6, 6.07) is 13.2. The molecule has 4 rings (SSSR count). The van der Waals surface area contributed by atoms with Crippen LogP contribution < -0.4 is 22.2 Å². The molecule has 0 aliphatic carbocycles. The number of nitrogens with one attached hydrogen (secondary N) is 2. The fourth-order valence-corrected chi connectivity index (χ4v) is 4.88. The fourth-order valence-electron chi connectivity index (χ4n) is 4.88. The lowest BCUT2D eigenvalue weighted by Gasteiger charge is -2.22. The average Bonchev–Trinajstić information content (AvgIpc) is 3.54. The van der Waals surface area contributed by atoms with E-state index >= 15 is 0 Å². The summed E-state index contributed by atoms with van der Waals surface area (Å²) in [5.41, 5.74) is 9.43. The van der Waals surface area contributed by atoms with Crippen molar-refractivity contribution in [3.63, 3.8) is 0 Å². The molecule has 0 spiro atoms. The highest BCUT2D eigenvalue weighted by Crippen LogP contribution is 2.23. The first kappa shape index (κ1) is 30.7. The Balaban J connectivity index is 1.47. The maximum atomic E-state index is 12.6. The van der Waals surface area contributed by atoms with E-state index in [0.29, 0.717) is 41.8 Å². The number of nitrogens with zero attached hydrogens (tertiary/aromatic N) is 4. The van der Waals surface area contributed by atoms with Crippen molar-refractivity contribution >= 4 is 34.4 Å². The molecule has 2 aromatic carbocycles. The van der Waals surface area contributed by atoms with E-state index in [1.165, 1.54) is 6.42 Å². The van der Waals surface area contributed by atoms with Gasteiger partial charge in [-0.1, -0.05) is 37.8 Å². The van der Waals surface area contributed by atoms with Crippen LogP contribution in [0.1, 0.15) is 53.7 Å². The molecule has 1 aliphatic rings. The van der Waals surface area contributed by atoms with Gasteiger partial charge in [-0.3, -0.25) is 9.79 Å². The highest BCUT2D eigenvalue weighted by Gasteiger charge is 2.14. The summed E-state index contributed by atoms with van der Waals surface area (Å²) >= 11 is 0. The van der Waals surface area contributed by atoms with Crippen LogP contribution >= 0.6 is 0 Å². The van der Waals surface area contributed by atoms with Gasteiger partial charge >= 0.3 is 0 Å². The van der Waals surface area contributed by atoms with E-state index < -0.39 is 6.10 Å². The van der Waals surface area contributed by atoms with Crippen LogP contribution in [0.4, 0.5) is 5.82 Å². The number of hydrazone groups is 1. The molecule has 3 aromatic rings. The number of rotatable bonds is 11. The number of anilines is 1. The zero-order chi connectivity index (χ0) is 29.9. The predicted molar refractivity (Wildman–Crippen MR) is 170 cm³/mol. The van der Waals surface area contributed by atoms with Crippen molar-refractivity contribution in [2.75, 3.05) is 45.0 Å². The minimum absolute atomic E-state index is 0.187. The summed E-state index contributed by atoms with van der Waals surface area (Å²) < 4.78 is 0. The molecule has 10 heteroatoms. The number of likely N-dealkylation sites (N-methyl/N-ethyl adjacent to an activating group) is 1. The maximum Gasteiger partial charge on any atom is 0.251 e. The Bertz CT molecular complexity index is 1480. The highest BCUT2D eigenvalue weighted by molar-refractivity contribution is 6.38. The van der Waals surface area contributed by atoms with E-state index in [1.807, 2.05) is 32.0 Å². The van der Waals surface area contributed by atoms with E-state index in [-0.39, 0.29) is 12.5 Å². The lowest BCUT2D eigenvalue weighted by molar-refractivity contribution is 0.0869. The molecule has 2 atom stereocenters. The summed E-state index contributed by atoms with van der Waals surface area (Å²) in [4.78, 5) is 23.5. The zero-order valence-corrected chi connectivity index (χ0v) is 24.3. The fraction of sp³-hybridized carbons (Fsp3) is 0.375. The minimum atomic E-state index is -0.631. The topological polar surface area (TPSA) is 154 Å². The Kier molecular flexibility index (Phi) is 11.0. The van der Waals surface area contributed by atoms with Gasteiger partial charge in [0.15, 0.2) is 0 Å².